The fourth-order valence-corrected chi connectivity index (χ4v) is 3.52. The molecule has 7 nitrogen and oxygen atoms in total. The number of imide groups is 1. The third-order valence-electron chi connectivity index (χ3n) is 4.19. The van der Waals surface area contributed by atoms with E-state index in [1.807, 2.05) is 17.5 Å². The number of thiophene rings is 1. The zero-order valence-electron chi connectivity index (χ0n) is 14.6. The van der Waals surface area contributed by atoms with Crippen molar-refractivity contribution in [3.8, 4) is 10.6 Å². The number of benzene rings is 1. The summed E-state index contributed by atoms with van der Waals surface area (Å²) in [6.45, 7) is 3.59. The number of carbonyl (C=O) groups is 3. The minimum Gasteiger partial charge on any atom is -0.455 e. The van der Waals surface area contributed by atoms with Crippen LogP contribution in [0.15, 0.2) is 59.0 Å². The lowest BCUT2D eigenvalue weighted by Crippen LogP contribution is -2.29. The van der Waals surface area contributed by atoms with E-state index in [2.05, 4.69) is 11.7 Å². The van der Waals surface area contributed by atoms with Gasteiger partial charge >= 0.3 is 5.97 Å². The molecule has 1 aliphatic heterocycles. The van der Waals surface area contributed by atoms with E-state index < -0.39 is 17.8 Å². The molecule has 0 atom stereocenters. The van der Waals surface area contributed by atoms with Gasteiger partial charge < -0.3 is 9.26 Å². The van der Waals surface area contributed by atoms with Crippen LogP contribution in [0.25, 0.3) is 10.6 Å². The van der Waals surface area contributed by atoms with Crippen LogP contribution in [-0.4, -0.2) is 34.4 Å². The number of aromatic nitrogens is 1. The largest absolute Gasteiger partial charge is 0.455 e. The molecule has 4 rings (SSSR count). The van der Waals surface area contributed by atoms with Gasteiger partial charge in [0.1, 0.15) is 12.3 Å². The zero-order chi connectivity index (χ0) is 19.7. The van der Waals surface area contributed by atoms with Crippen molar-refractivity contribution in [3.63, 3.8) is 0 Å². The van der Waals surface area contributed by atoms with E-state index in [9.17, 15) is 14.4 Å². The number of esters is 1. The highest BCUT2D eigenvalue weighted by molar-refractivity contribution is 7.13. The van der Waals surface area contributed by atoms with Crippen LogP contribution in [0.2, 0.25) is 0 Å². The van der Waals surface area contributed by atoms with Crippen LogP contribution in [0.5, 0.6) is 0 Å². The summed E-state index contributed by atoms with van der Waals surface area (Å²) in [5, 5.41) is 5.81. The minimum atomic E-state index is -0.620. The quantitative estimate of drug-likeness (QED) is 0.361. The molecular formula is C20H14N2O5S. The first kappa shape index (κ1) is 17.9. The molecule has 3 heterocycles. The molecule has 0 N–H and O–H groups in total. The van der Waals surface area contributed by atoms with E-state index in [-0.39, 0.29) is 29.8 Å². The fraction of sp³-hybridized carbons (Fsp3) is 0.100. The smallest absolute Gasteiger partial charge is 0.338 e. The predicted octanol–water partition coefficient (Wildman–Crippen LogP) is 3.54. The van der Waals surface area contributed by atoms with Crippen molar-refractivity contribution >= 4 is 29.1 Å². The van der Waals surface area contributed by atoms with E-state index in [1.165, 1.54) is 35.6 Å². The molecule has 3 aromatic rings. The SMILES string of the molecule is C=CCN1C(=O)c2ccc(C(=O)OCc3cc(-c4cccs4)on3)cc2C1=O. The molecule has 0 saturated carbocycles. The zero-order valence-corrected chi connectivity index (χ0v) is 15.4. The van der Waals surface area contributed by atoms with Crippen LogP contribution in [0.4, 0.5) is 0 Å². The number of ether oxygens (including phenoxy) is 1. The summed E-state index contributed by atoms with van der Waals surface area (Å²) in [7, 11) is 0. The van der Waals surface area contributed by atoms with E-state index in [0.29, 0.717) is 11.5 Å². The van der Waals surface area contributed by atoms with Gasteiger partial charge in [0, 0.05) is 12.6 Å². The molecule has 0 aliphatic carbocycles. The summed E-state index contributed by atoms with van der Waals surface area (Å²) in [5.74, 6) is -0.869. The number of carbonyl (C=O) groups excluding carboxylic acids is 3. The van der Waals surface area contributed by atoms with Gasteiger partial charge in [-0.15, -0.1) is 17.9 Å². The average Bonchev–Trinajstić information content (AvgIpc) is 3.43. The Balaban J connectivity index is 1.46. The Kier molecular flexibility index (Phi) is 4.62. The van der Waals surface area contributed by atoms with E-state index >= 15 is 0 Å². The van der Waals surface area contributed by atoms with Crippen molar-refractivity contribution in [1.29, 1.82) is 0 Å². The molecule has 0 fully saturated rings. The molecule has 140 valence electrons. The second-order valence-corrected chi connectivity index (χ2v) is 6.95. The van der Waals surface area contributed by atoms with Gasteiger partial charge in [0.2, 0.25) is 0 Å². The van der Waals surface area contributed by atoms with Gasteiger partial charge in [0.25, 0.3) is 11.8 Å². The summed E-state index contributed by atoms with van der Waals surface area (Å²) < 4.78 is 10.5. The highest BCUT2D eigenvalue weighted by Gasteiger charge is 2.35. The predicted molar refractivity (Wildman–Crippen MR) is 101 cm³/mol. The average molecular weight is 394 g/mol. The van der Waals surface area contributed by atoms with Crippen LogP contribution in [-0.2, 0) is 11.3 Å². The van der Waals surface area contributed by atoms with Crippen molar-refractivity contribution < 1.29 is 23.6 Å². The van der Waals surface area contributed by atoms with Crippen LogP contribution in [0, 0.1) is 0 Å². The first-order valence-corrected chi connectivity index (χ1v) is 9.24. The summed E-state index contributed by atoms with van der Waals surface area (Å²) in [6.07, 6.45) is 1.47. The Bertz CT molecular complexity index is 1080. The van der Waals surface area contributed by atoms with Gasteiger partial charge in [0.05, 0.1) is 21.6 Å². The molecule has 0 radical (unpaired) electrons. The minimum absolute atomic E-state index is 0.0692. The Morgan fingerprint density at radius 2 is 2.04 bits per heavy atom. The normalized spacial score (nSPS) is 12.9. The third kappa shape index (κ3) is 3.14. The van der Waals surface area contributed by atoms with Crippen molar-refractivity contribution in [3.05, 3.63) is 76.8 Å². The molecule has 1 aliphatic rings. The van der Waals surface area contributed by atoms with Gasteiger partial charge in [-0.25, -0.2) is 4.79 Å². The molecule has 0 unspecified atom stereocenters. The molecule has 8 heteroatoms. The number of rotatable bonds is 6. The Labute approximate surface area is 163 Å². The Morgan fingerprint density at radius 3 is 2.79 bits per heavy atom. The summed E-state index contributed by atoms with van der Waals surface area (Å²) >= 11 is 1.51. The maximum absolute atomic E-state index is 12.4. The number of hydrogen-bond acceptors (Lipinski definition) is 7. The third-order valence-corrected chi connectivity index (χ3v) is 5.08. The van der Waals surface area contributed by atoms with Gasteiger partial charge in [-0.05, 0) is 29.6 Å². The number of nitrogens with zero attached hydrogens (tertiary/aromatic N) is 2. The second-order valence-electron chi connectivity index (χ2n) is 6.01. The monoisotopic (exact) mass is 394 g/mol. The highest BCUT2D eigenvalue weighted by atomic mass is 32.1. The number of amides is 2. The second kappa shape index (κ2) is 7.24. The first-order chi connectivity index (χ1) is 13.6. The molecule has 2 amide bonds. The fourth-order valence-electron chi connectivity index (χ4n) is 2.85. The molecule has 2 aromatic heterocycles. The number of fused-ring (bicyclic) bond motifs is 1. The van der Waals surface area contributed by atoms with Crippen LogP contribution >= 0.6 is 11.3 Å². The van der Waals surface area contributed by atoms with Crippen molar-refractivity contribution in [2.24, 2.45) is 0 Å². The summed E-state index contributed by atoms with van der Waals surface area (Å²) in [5.41, 5.74) is 1.10. The molecule has 0 spiro atoms. The number of hydrogen-bond donors (Lipinski definition) is 0. The van der Waals surface area contributed by atoms with Gasteiger partial charge in [-0.3, -0.25) is 14.5 Å². The maximum Gasteiger partial charge on any atom is 0.338 e. The van der Waals surface area contributed by atoms with Crippen molar-refractivity contribution in [2.45, 2.75) is 6.61 Å². The Morgan fingerprint density at radius 1 is 1.21 bits per heavy atom. The lowest BCUT2D eigenvalue weighted by Gasteiger charge is -2.09. The molecule has 28 heavy (non-hydrogen) atoms. The first-order valence-electron chi connectivity index (χ1n) is 8.36. The summed E-state index contributed by atoms with van der Waals surface area (Å²) in [6, 6.07) is 9.81. The van der Waals surface area contributed by atoms with E-state index in [4.69, 9.17) is 9.26 Å². The summed E-state index contributed by atoms with van der Waals surface area (Å²) in [4.78, 5) is 38.9. The Hall–Kier alpha value is -3.52. The van der Waals surface area contributed by atoms with Crippen molar-refractivity contribution in [2.75, 3.05) is 6.54 Å². The molecule has 0 saturated heterocycles. The standard InChI is InChI=1S/C20H14N2O5S/c1-2-7-22-18(23)14-6-5-12(9-15(14)19(22)24)20(25)26-11-13-10-16(27-21-13)17-4-3-8-28-17/h2-6,8-10H,1,7,11H2. The topological polar surface area (TPSA) is 89.7 Å². The van der Waals surface area contributed by atoms with Crippen LogP contribution in [0.3, 0.4) is 0 Å². The van der Waals surface area contributed by atoms with Crippen molar-refractivity contribution in [1.82, 2.24) is 10.1 Å². The van der Waals surface area contributed by atoms with Crippen LogP contribution in [0.1, 0.15) is 36.8 Å². The van der Waals surface area contributed by atoms with Gasteiger partial charge in [-0.1, -0.05) is 17.3 Å². The van der Waals surface area contributed by atoms with E-state index in [1.54, 1.807) is 6.07 Å². The highest BCUT2D eigenvalue weighted by Crippen LogP contribution is 2.26. The lowest BCUT2D eigenvalue weighted by atomic mass is 10.1. The maximum atomic E-state index is 12.4. The molecule has 0 bridgehead atoms. The molecular weight excluding hydrogens is 380 g/mol. The van der Waals surface area contributed by atoms with Gasteiger partial charge in [-0.2, -0.15) is 0 Å². The van der Waals surface area contributed by atoms with Gasteiger partial charge in [0.15, 0.2) is 5.76 Å². The van der Waals surface area contributed by atoms with E-state index in [0.717, 1.165) is 9.78 Å². The van der Waals surface area contributed by atoms with Crippen LogP contribution < -0.4 is 0 Å². The lowest BCUT2D eigenvalue weighted by molar-refractivity contribution is 0.0464. The molecule has 1 aromatic carbocycles.